The van der Waals surface area contributed by atoms with E-state index in [1.165, 1.54) is 0 Å². The third-order valence-electron chi connectivity index (χ3n) is 2.18. The van der Waals surface area contributed by atoms with Crippen LogP contribution in [-0.2, 0) is 6.54 Å². The zero-order valence-corrected chi connectivity index (χ0v) is 11.8. The van der Waals surface area contributed by atoms with Gasteiger partial charge in [-0.1, -0.05) is 15.9 Å². The Hall–Kier alpha value is -0.810. The molecule has 84 valence electrons. The predicted molar refractivity (Wildman–Crippen MR) is 69.7 cm³/mol. The zero-order valence-electron chi connectivity index (χ0n) is 8.65. The van der Waals surface area contributed by atoms with Gasteiger partial charge in [-0.2, -0.15) is 5.10 Å². The Morgan fingerprint density at radius 2 is 2.12 bits per heavy atom. The lowest BCUT2D eigenvalue weighted by atomic mass is 10.2. The summed E-state index contributed by atoms with van der Waals surface area (Å²) in [6.45, 7) is 0.689. The van der Waals surface area contributed by atoms with Gasteiger partial charge in [0.25, 0.3) is 0 Å². The number of nitrogens with zero attached hydrogens (tertiary/aromatic N) is 2. The molecule has 0 aliphatic rings. The fourth-order valence-corrected chi connectivity index (χ4v) is 2.20. The van der Waals surface area contributed by atoms with Crippen molar-refractivity contribution in [2.45, 2.75) is 6.54 Å². The van der Waals surface area contributed by atoms with Gasteiger partial charge >= 0.3 is 0 Å². The van der Waals surface area contributed by atoms with E-state index in [4.69, 9.17) is 4.74 Å². The minimum atomic E-state index is 0.689. The minimum Gasteiger partial charge on any atom is -0.496 e. The van der Waals surface area contributed by atoms with Gasteiger partial charge in [-0.3, -0.25) is 4.68 Å². The van der Waals surface area contributed by atoms with E-state index in [1.807, 2.05) is 35.1 Å². The first-order valence-corrected chi connectivity index (χ1v) is 6.29. The summed E-state index contributed by atoms with van der Waals surface area (Å²) in [6.07, 6.45) is 1.92. The number of hydrogen-bond acceptors (Lipinski definition) is 2. The van der Waals surface area contributed by atoms with Gasteiger partial charge in [-0.25, -0.2) is 0 Å². The number of benzene rings is 1. The molecular formula is C11H10Br2N2O. The maximum atomic E-state index is 5.31. The van der Waals surface area contributed by atoms with Crippen molar-refractivity contribution in [2.75, 3.05) is 7.11 Å². The van der Waals surface area contributed by atoms with Crippen molar-refractivity contribution in [3.8, 4) is 5.75 Å². The smallest absolute Gasteiger partial charge is 0.128 e. The number of methoxy groups -OCH3 is 1. The summed E-state index contributed by atoms with van der Waals surface area (Å²) in [5.41, 5.74) is 1.09. The van der Waals surface area contributed by atoms with Gasteiger partial charge in [-0.15, -0.1) is 0 Å². The molecule has 0 N–H and O–H groups in total. The van der Waals surface area contributed by atoms with Gasteiger partial charge in [0.15, 0.2) is 0 Å². The monoisotopic (exact) mass is 344 g/mol. The quantitative estimate of drug-likeness (QED) is 0.851. The Morgan fingerprint density at radius 3 is 2.75 bits per heavy atom. The van der Waals surface area contributed by atoms with Crippen molar-refractivity contribution in [3.05, 3.63) is 45.1 Å². The summed E-state index contributed by atoms with van der Waals surface area (Å²) in [6, 6.07) is 7.85. The van der Waals surface area contributed by atoms with Crippen LogP contribution in [0.5, 0.6) is 5.75 Å². The van der Waals surface area contributed by atoms with Crippen molar-refractivity contribution in [1.29, 1.82) is 0 Å². The molecule has 1 aromatic heterocycles. The molecule has 0 fully saturated rings. The summed E-state index contributed by atoms with van der Waals surface area (Å²) >= 11 is 6.77. The predicted octanol–water partition coefficient (Wildman–Crippen LogP) is 3.47. The molecule has 0 radical (unpaired) electrons. The summed E-state index contributed by atoms with van der Waals surface area (Å²) < 4.78 is 9.03. The van der Waals surface area contributed by atoms with Crippen molar-refractivity contribution in [3.63, 3.8) is 0 Å². The van der Waals surface area contributed by atoms with E-state index < -0.39 is 0 Å². The van der Waals surface area contributed by atoms with Crippen molar-refractivity contribution >= 4 is 31.9 Å². The fraction of sp³-hybridized carbons (Fsp3) is 0.182. The molecule has 0 unspecified atom stereocenters. The average Bonchev–Trinajstić information content (AvgIpc) is 2.64. The van der Waals surface area contributed by atoms with E-state index in [0.717, 1.165) is 20.4 Å². The van der Waals surface area contributed by atoms with Crippen molar-refractivity contribution < 1.29 is 4.74 Å². The second-order valence-electron chi connectivity index (χ2n) is 3.29. The van der Waals surface area contributed by atoms with Gasteiger partial charge in [0.1, 0.15) is 10.4 Å². The highest BCUT2D eigenvalue weighted by Crippen LogP contribution is 2.23. The number of halogens is 2. The second-order valence-corrected chi connectivity index (χ2v) is 5.02. The third kappa shape index (κ3) is 2.65. The molecule has 0 atom stereocenters. The van der Waals surface area contributed by atoms with Gasteiger partial charge in [0.05, 0.1) is 13.7 Å². The molecule has 5 heteroatoms. The van der Waals surface area contributed by atoms with Gasteiger partial charge in [0.2, 0.25) is 0 Å². The average molecular weight is 346 g/mol. The van der Waals surface area contributed by atoms with Crippen LogP contribution >= 0.6 is 31.9 Å². The van der Waals surface area contributed by atoms with Gasteiger partial charge in [0, 0.05) is 16.2 Å². The molecule has 0 aliphatic heterocycles. The van der Waals surface area contributed by atoms with Crippen LogP contribution in [0.15, 0.2) is 39.5 Å². The molecule has 0 spiro atoms. The summed E-state index contributed by atoms with van der Waals surface area (Å²) in [5, 5.41) is 4.27. The molecular weight excluding hydrogens is 336 g/mol. The maximum Gasteiger partial charge on any atom is 0.128 e. The Morgan fingerprint density at radius 1 is 1.31 bits per heavy atom. The van der Waals surface area contributed by atoms with E-state index in [-0.39, 0.29) is 0 Å². The lowest BCUT2D eigenvalue weighted by Gasteiger charge is -2.08. The first-order valence-electron chi connectivity index (χ1n) is 4.70. The number of rotatable bonds is 3. The molecule has 0 saturated heterocycles. The largest absolute Gasteiger partial charge is 0.496 e. The molecule has 2 aromatic rings. The van der Waals surface area contributed by atoms with E-state index >= 15 is 0 Å². The Balaban J connectivity index is 2.29. The first kappa shape index (κ1) is 11.7. The fourth-order valence-electron chi connectivity index (χ4n) is 1.47. The lowest BCUT2D eigenvalue weighted by Crippen LogP contribution is -2.02. The lowest BCUT2D eigenvalue weighted by molar-refractivity contribution is 0.407. The topological polar surface area (TPSA) is 27.1 Å². The van der Waals surface area contributed by atoms with Crippen LogP contribution in [0.3, 0.4) is 0 Å². The number of ether oxygens (including phenoxy) is 1. The van der Waals surface area contributed by atoms with Crippen LogP contribution in [-0.4, -0.2) is 16.9 Å². The summed E-state index contributed by atoms with van der Waals surface area (Å²) in [4.78, 5) is 0. The van der Waals surface area contributed by atoms with Crippen LogP contribution < -0.4 is 4.74 Å². The van der Waals surface area contributed by atoms with Crippen molar-refractivity contribution in [2.24, 2.45) is 0 Å². The van der Waals surface area contributed by atoms with E-state index in [9.17, 15) is 0 Å². The van der Waals surface area contributed by atoms with E-state index in [0.29, 0.717) is 6.54 Å². The highest BCUT2D eigenvalue weighted by Gasteiger charge is 2.05. The zero-order chi connectivity index (χ0) is 11.5. The van der Waals surface area contributed by atoms with Crippen LogP contribution in [0, 0.1) is 0 Å². The number of aromatic nitrogens is 2. The molecule has 0 amide bonds. The molecule has 0 saturated carbocycles. The SMILES string of the molecule is COc1ccc(Br)cc1Cn1ccc(Br)n1. The van der Waals surface area contributed by atoms with Crippen LogP contribution in [0.1, 0.15) is 5.56 Å². The van der Waals surface area contributed by atoms with Gasteiger partial charge in [-0.05, 0) is 40.2 Å². The highest BCUT2D eigenvalue weighted by atomic mass is 79.9. The normalized spacial score (nSPS) is 10.4. The minimum absolute atomic E-state index is 0.689. The van der Waals surface area contributed by atoms with Crippen molar-refractivity contribution in [1.82, 2.24) is 9.78 Å². The Bertz CT molecular complexity index is 496. The van der Waals surface area contributed by atoms with Gasteiger partial charge < -0.3 is 4.74 Å². The molecule has 3 nitrogen and oxygen atoms in total. The standard InChI is InChI=1S/C11H10Br2N2O/c1-16-10-3-2-9(12)6-8(10)7-15-5-4-11(13)14-15/h2-6H,7H2,1H3. The van der Waals surface area contributed by atoms with E-state index in [1.54, 1.807) is 7.11 Å². The van der Waals surface area contributed by atoms with E-state index in [2.05, 4.69) is 37.0 Å². The first-order chi connectivity index (χ1) is 7.69. The van der Waals surface area contributed by atoms with Crippen LogP contribution in [0.2, 0.25) is 0 Å². The molecule has 2 rings (SSSR count). The van der Waals surface area contributed by atoms with Crippen LogP contribution in [0.4, 0.5) is 0 Å². The second kappa shape index (κ2) is 5.01. The molecule has 0 aliphatic carbocycles. The third-order valence-corrected chi connectivity index (χ3v) is 3.10. The van der Waals surface area contributed by atoms with Crippen LogP contribution in [0.25, 0.3) is 0 Å². The molecule has 1 heterocycles. The molecule has 1 aromatic carbocycles. The summed E-state index contributed by atoms with van der Waals surface area (Å²) in [5.74, 6) is 0.870. The molecule has 0 bridgehead atoms. The maximum absolute atomic E-state index is 5.31. The number of hydrogen-bond donors (Lipinski definition) is 0. The Labute approximate surface area is 111 Å². The summed E-state index contributed by atoms with van der Waals surface area (Å²) in [7, 11) is 1.67. The highest BCUT2D eigenvalue weighted by molar-refractivity contribution is 9.10. The molecule has 16 heavy (non-hydrogen) atoms. The Kier molecular flexibility index (Phi) is 3.66.